The van der Waals surface area contributed by atoms with Crippen LogP contribution in [-0.2, 0) is 20.7 Å². The number of hydrogen-bond acceptors (Lipinski definition) is 5. The minimum absolute atomic E-state index is 0.00263. The second-order valence-corrected chi connectivity index (χ2v) is 10.9. The minimum atomic E-state index is -0.624. The molecule has 1 aromatic heterocycles. The number of piperidine rings is 1. The molecule has 0 N–H and O–H groups in total. The number of nitrogens with zero attached hydrogens (tertiary/aromatic N) is 2. The van der Waals surface area contributed by atoms with Gasteiger partial charge in [-0.05, 0) is 71.6 Å². The topological polar surface area (TPSA) is 77.8 Å². The van der Waals surface area contributed by atoms with Gasteiger partial charge in [-0.1, -0.05) is 12.1 Å². The van der Waals surface area contributed by atoms with Gasteiger partial charge < -0.3 is 19.2 Å². The Morgan fingerprint density at radius 3 is 2.31 bits per heavy atom. The van der Waals surface area contributed by atoms with Crippen LogP contribution in [0.5, 0.6) is 0 Å². The Morgan fingerprint density at radius 1 is 1.03 bits per heavy atom. The first-order valence-corrected chi connectivity index (χ1v) is 11.2. The van der Waals surface area contributed by atoms with Gasteiger partial charge in [-0.2, -0.15) is 0 Å². The van der Waals surface area contributed by atoms with Gasteiger partial charge in [0, 0.05) is 36.0 Å². The average molecular weight is 441 g/mol. The molecule has 2 aliphatic rings. The van der Waals surface area contributed by atoms with E-state index < -0.39 is 23.4 Å². The minimum Gasteiger partial charge on any atom is -0.444 e. The van der Waals surface area contributed by atoms with Gasteiger partial charge in [0.1, 0.15) is 17.5 Å². The van der Waals surface area contributed by atoms with Crippen molar-refractivity contribution in [3.8, 4) is 0 Å². The van der Waals surface area contributed by atoms with Crippen LogP contribution in [0.25, 0.3) is 10.9 Å². The van der Waals surface area contributed by atoms with E-state index in [1.807, 2.05) is 65.9 Å². The van der Waals surface area contributed by atoms with Crippen LogP contribution in [0.2, 0.25) is 0 Å². The number of ether oxygens (including phenoxy) is 2. The zero-order valence-corrected chi connectivity index (χ0v) is 19.7. The summed E-state index contributed by atoms with van der Waals surface area (Å²) in [4.78, 5) is 39.4. The number of rotatable bonds is 1. The number of hydrogen-bond donors (Lipinski definition) is 0. The summed E-state index contributed by atoms with van der Waals surface area (Å²) in [6, 6.07) is 5.75. The first-order chi connectivity index (χ1) is 14.9. The Labute approximate surface area is 188 Å². The molecule has 1 amide bonds. The third kappa shape index (κ3) is 4.12. The van der Waals surface area contributed by atoms with Crippen molar-refractivity contribution in [1.29, 1.82) is 0 Å². The van der Waals surface area contributed by atoms with Crippen molar-refractivity contribution >= 4 is 29.4 Å². The number of aldehydes is 1. The van der Waals surface area contributed by atoms with E-state index in [-0.39, 0.29) is 17.9 Å². The number of aromatic nitrogens is 1. The molecule has 1 aliphatic carbocycles. The van der Waals surface area contributed by atoms with Crippen LogP contribution in [0.15, 0.2) is 24.4 Å². The Hall–Kier alpha value is -2.83. The maximum absolute atomic E-state index is 13.1. The van der Waals surface area contributed by atoms with Crippen molar-refractivity contribution in [2.24, 2.45) is 5.92 Å². The van der Waals surface area contributed by atoms with Crippen molar-refractivity contribution in [3.63, 3.8) is 0 Å². The number of fused-ring (bicyclic) bond motifs is 2. The van der Waals surface area contributed by atoms with E-state index >= 15 is 0 Å². The highest BCUT2D eigenvalue weighted by Crippen LogP contribution is 2.45. The van der Waals surface area contributed by atoms with Gasteiger partial charge in [-0.3, -0.25) is 4.57 Å². The summed E-state index contributed by atoms with van der Waals surface area (Å²) in [5.41, 5.74) is 1.63. The maximum Gasteiger partial charge on any atom is 0.419 e. The number of carbonyl (C=O) groups is 3. The van der Waals surface area contributed by atoms with E-state index in [1.54, 1.807) is 9.47 Å². The average Bonchev–Trinajstić information content (AvgIpc) is 3.05. The van der Waals surface area contributed by atoms with Gasteiger partial charge in [-0.25, -0.2) is 9.59 Å². The first-order valence-electron chi connectivity index (χ1n) is 11.2. The molecular formula is C25H32N2O5. The summed E-state index contributed by atoms with van der Waals surface area (Å²) >= 11 is 0. The third-order valence-electron chi connectivity index (χ3n) is 6.03. The molecule has 2 aromatic rings. The maximum atomic E-state index is 13.1. The highest BCUT2D eigenvalue weighted by atomic mass is 16.6. The van der Waals surface area contributed by atoms with Crippen LogP contribution in [-0.4, -0.2) is 51.7 Å². The first kappa shape index (κ1) is 22.4. The van der Waals surface area contributed by atoms with Crippen molar-refractivity contribution in [2.75, 3.05) is 6.54 Å². The molecule has 7 heteroatoms. The molecule has 0 bridgehead atoms. The van der Waals surface area contributed by atoms with Crippen LogP contribution in [0.1, 0.15) is 65.0 Å². The molecular weight excluding hydrogens is 408 g/mol. The van der Waals surface area contributed by atoms with Crippen LogP contribution in [0.4, 0.5) is 9.59 Å². The molecule has 1 fully saturated rings. The molecule has 3 atom stereocenters. The van der Waals surface area contributed by atoms with E-state index in [2.05, 4.69) is 0 Å². The molecule has 0 radical (unpaired) electrons. The summed E-state index contributed by atoms with van der Waals surface area (Å²) in [5, 5.41) is 1.02. The van der Waals surface area contributed by atoms with E-state index in [1.165, 1.54) is 0 Å². The van der Waals surface area contributed by atoms with Crippen LogP contribution < -0.4 is 0 Å². The zero-order chi connectivity index (χ0) is 23.4. The van der Waals surface area contributed by atoms with Gasteiger partial charge in [0.25, 0.3) is 0 Å². The summed E-state index contributed by atoms with van der Waals surface area (Å²) in [6.45, 7) is 11.4. The van der Waals surface area contributed by atoms with Crippen molar-refractivity contribution in [3.05, 3.63) is 35.5 Å². The zero-order valence-electron chi connectivity index (χ0n) is 19.7. The molecule has 2 heterocycles. The van der Waals surface area contributed by atoms with Gasteiger partial charge in [-0.15, -0.1) is 0 Å². The Bertz CT molecular complexity index is 1070. The van der Waals surface area contributed by atoms with E-state index in [9.17, 15) is 14.4 Å². The molecule has 0 spiro atoms. The smallest absolute Gasteiger partial charge is 0.419 e. The summed E-state index contributed by atoms with van der Waals surface area (Å²) < 4.78 is 12.8. The highest BCUT2D eigenvalue weighted by molar-refractivity contribution is 5.95. The SMILES string of the molecule is CC(C)(C)OC(=O)N1C[C@H](C=O)CC2c3cccc4c3c(cn4C(=O)OC(C)(C)C)C[C@H]21. The van der Waals surface area contributed by atoms with Gasteiger partial charge in [0.2, 0.25) is 0 Å². The monoisotopic (exact) mass is 440 g/mol. The van der Waals surface area contributed by atoms with Gasteiger partial charge in [0.15, 0.2) is 0 Å². The molecule has 1 aromatic carbocycles. The van der Waals surface area contributed by atoms with E-state index in [0.717, 1.165) is 28.3 Å². The molecule has 0 saturated carbocycles. The van der Waals surface area contributed by atoms with Crippen LogP contribution in [0.3, 0.4) is 0 Å². The van der Waals surface area contributed by atoms with Crippen molar-refractivity contribution in [1.82, 2.24) is 9.47 Å². The second-order valence-electron chi connectivity index (χ2n) is 10.9. The fraction of sp³-hybridized carbons (Fsp3) is 0.560. The van der Waals surface area contributed by atoms with Crippen molar-refractivity contribution < 1.29 is 23.9 Å². The number of likely N-dealkylation sites (tertiary alicyclic amines) is 1. The molecule has 1 unspecified atom stereocenters. The third-order valence-corrected chi connectivity index (χ3v) is 6.03. The lowest BCUT2D eigenvalue weighted by molar-refractivity contribution is -0.113. The number of carbonyl (C=O) groups excluding carboxylic acids is 3. The van der Waals surface area contributed by atoms with Crippen molar-refractivity contribution in [2.45, 2.75) is 77.5 Å². The van der Waals surface area contributed by atoms with E-state index in [0.29, 0.717) is 19.4 Å². The Morgan fingerprint density at radius 2 is 1.69 bits per heavy atom. The molecule has 7 nitrogen and oxygen atoms in total. The normalized spacial score (nSPS) is 22.9. The summed E-state index contributed by atoms with van der Waals surface area (Å²) in [5.74, 6) is -0.259. The molecule has 1 saturated heterocycles. The largest absolute Gasteiger partial charge is 0.444 e. The Balaban J connectivity index is 1.77. The predicted octanol–water partition coefficient (Wildman–Crippen LogP) is 4.89. The van der Waals surface area contributed by atoms with Crippen LogP contribution in [0, 0.1) is 5.92 Å². The lowest BCUT2D eigenvalue weighted by Gasteiger charge is -2.45. The molecule has 1 aliphatic heterocycles. The van der Waals surface area contributed by atoms with Gasteiger partial charge >= 0.3 is 12.2 Å². The van der Waals surface area contributed by atoms with E-state index in [4.69, 9.17) is 9.47 Å². The van der Waals surface area contributed by atoms with Crippen LogP contribution >= 0.6 is 0 Å². The molecule has 172 valence electrons. The predicted molar refractivity (Wildman–Crippen MR) is 121 cm³/mol. The molecule has 32 heavy (non-hydrogen) atoms. The van der Waals surface area contributed by atoms with Gasteiger partial charge in [0.05, 0.1) is 5.52 Å². The second kappa shape index (κ2) is 7.64. The quantitative estimate of drug-likeness (QED) is 0.590. The number of amides is 1. The standard InChI is InChI=1S/C25H32N2O5/c1-24(2,3)31-22(29)26-12-15(14-28)10-18-17-8-7-9-19-21(17)16(11-20(18)26)13-27(19)23(30)32-25(4,5)6/h7-9,13-15,18,20H,10-12H2,1-6H3/t15-,18?,20-/m1/s1. The summed E-state index contributed by atoms with van der Waals surface area (Å²) in [6.07, 6.45) is 3.21. The lowest BCUT2D eigenvalue weighted by atomic mass is 9.72. The summed E-state index contributed by atoms with van der Waals surface area (Å²) in [7, 11) is 0. The molecule has 4 rings (SSSR count). The lowest BCUT2D eigenvalue weighted by Crippen LogP contribution is -2.54. The highest BCUT2D eigenvalue weighted by Gasteiger charge is 2.44. The fourth-order valence-electron chi connectivity index (χ4n) is 4.93. The Kier molecular flexibility index (Phi) is 5.34. The fourth-order valence-corrected chi connectivity index (χ4v) is 4.93. The number of benzene rings is 1.